The maximum absolute atomic E-state index is 12.4. The van der Waals surface area contributed by atoms with Crippen LogP contribution in [-0.2, 0) is 15.0 Å². The molecule has 2 aromatic carbocycles. The van der Waals surface area contributed by atoms with Crippen LogP contribution in [0.1, 0.15) is 43.5 Å². The molecule has 1 saturated heterocycles. The molecule has 1 fully saturated rings. The minimum absolute atomic E-state index is 0.00528. The summed E-state index contributed by atoms with van der Waals surface area (Å²) in [4.78, 5) is 24.4. The number of Topliss-reactive ketones (excluding diaryl/α,β-unsaturated/α-hetero) is 1. The van der Waals surface area contributed by atoms with Gasteiger partial charge in [0.1, 0.15) is 11.5 Å². The highest BCUT2D eigenvalue weighted by atomic mass is 16.5. The molecule has 0 radical (unpaired) electrons. The summed E-state index contributed by atoms with van der Waals surface area (Å²) in [7, 11) is 1.52. The first-order valence-corrected chi connectivity index (χ1v) is 8.75. The molecule has 0 saturated carbocycles. The van der Waals surface area contributed by atoms with Gasteiger partial charge in [-0.2, -0.15) is 0 Å². The third-order valence-electron chi connectivity index (χ3n) is 4.72. The Bertz CT molecular complexity index is 920. The number of benzene rings is 2. The Kier molecular flexibility index (Phi) is 4.79. The molecule has 3 rings (SSSR count). The van der Waals surface area contributed by atoms with E-state index in [1.54, 1.807) is 24.3 Å². The lowest BCUT2D eigenvalue weighted by Crippen LogP contribution is -2.21. The molecule has 1 amide bonds. The Morgan fingerprint density at radius 2 is 1.74 bits per heavy atom. The van der Waals surface area contributed by atoms with Crippen molar-refractivity contribution in [3.05, 3.63) is 70.8 Å². The number of carbonyl (C=O) groups excluding carboxylic acids is 2. The number of amides is 1. The van der Waals surface area contributed by atoms with E-state index < -0.39 is 17.7 Å². The number of ketones is 1. The fourth-order valence-electron chi connectivity index (χ4n) is 3.12. The van der Waals surface area contributed by atoms with Gasteiger partial charge >= 0.3 is 0 Å². The van der Waals surface area contributed by atoms with Gasteiger partial charge in [-0.25, -0.2) is 0 Å². The van der Waals surface area contributed by atoms with Crippen molar-refractivity contribution in [1.82, 2.24) is 5.32 Å². The van der Waals surface area contributed by atoms with Crippen LogP contribution in [0.5, 0.6) is 5.75 Å². The second kappa shape index (κ2) is 6.91. The van der Waals surface area contributed by atoms with Gasteiger partial charge in [0, 0.05) is 5.56 Å². The molecule has 0 bridgehead atoms. The van der Waals surface area contributed by atoms with Gasteiger partial charge in [-0.3, -0.25) is 9.59 Å². The molecule has 0 aliphatic carbocycles. The molecule has 1 atom stereocenters. The van der Waals surface area contributed by atoms with Gasteiger partial charge < -0.3 is 15.2 Å². The lowest BCUT2D eigenvalue weighted by atomic mass is 9.85. The van der Waals surface area contributed by atoms with Crippen LogP contribution >= 0.6 is 0 Å². The molecule has 1 unspecified atom stereocenters. The highest BCUT2D eigenvalue weighted by molar-refractivity contribution is 6.46. The molecule has 2 aromatic rings. The lowest BCUT2D eigenvalue weighted by molar-refractivity contribution is -0.133. The van der Waals surface area contributed by atoms with Crippen molar-refractivity contribution >= 4 is 17.4 Å². The van der Waals surface area contributed by atoms with E-state index in [-0.39, 0.29) is 16.7 Å². The van der Waals surface area contributed by atoms with Crippen LogP contribution in [0.2, 0.25) is 0 Å². The zero-order valence-corrected chi connectivity index (χ0v) is 15.9. The number of rotatable bonds is 3. The monoisotopic (exact) mass is 365 g/mol. The fraction of sp³-hybridized carbons (Fsp3) is 0.273. The number of methoxy groups -OCH3 is 1. The Morgan fingerprint density at radius 3 is 2.33 bits per heavy atom. The molecule has 0 aromatic heterocycles. The van der Waals surface area contributed by atoms with Crippen LogP contribution in [0.15, 0.2) is 54.1 Å². The van der Waals surface area contributed by atoms with Crippen molar-refractivity contribution in [1.29, 1.82) is 0 Å². The van der Waals surface area contributed by atoms with Crippen molar-refractivity contribution in [3.63, 3.8) is 0 Å². The van der Waals surface area contributed by atoms with Crippen LogP contribution in [0.3, 0.4) is 0 Å². The molecule has 1 aliphatic heterocycles. The largest absolute Gasteiger partial charge is 0.507 e. The zero-order valence-electron chi connectivity index (χ0n) is 15.9. The third kappa shape index (κ3) is 3.58. The van der Waals surface area contributed by atoms with E-state index in [9.17, 15) is 14.7 Å². The summed E-state index contributed by atoms with van der Waals surface area (Å²) >= 11 is 0. The topological polar surface area (TPSA) is 75.6 Å². The number of aliphatic hydroxyl groups excluding tert-OH is 1. The molecule has 1 aliphatic rings. The lowest BCUT2D eigenvalue weighted by Gasteiger charge is -2.20. The Hall–Kier alpha value is -3.08. The highest BCUT2D eigenvalue weighted by Gasteiger charge is 2.39. The van der Waals surface area contributed by atoms with Crippen LogP contribution in [0, 0.1) is 0 Å². The molecule has 5 nitrogen and oxygen atoms in total. The molecular weight excluding hydrogens is 342 g/mol. The predicted molar refractivity (Wildman–Crippen MR) is 104 cm³/mol. The zero-order chi connectivity index (χ0) is 19.8. The van der Waals surface area contributed by atoms with Crippen molar-refractivity contribution in [3.8, 4) is 5.75 Å². The summed E-state index contributed by atoms with van der Waals surface area (Å²) in [6, 6.07) is 13.8. The highest BCUT2D eigenvalue weighted by Crippen LogP contribution is 2.34. The average Bonchev–Trinajstić information content (AvgIpc) is 2.95. The fourth-order valence-corrected chi connectivity index (χ4v) is 3.12. The minimum atomic E-state index is -0.722. The van der Waals surface area contributed by atoms with E-state index in [2.05, 4.69) is 26.1 Å². The summed E-state index contributed by atoms with van der Waals surface area (Å²) in [5, 5.41) is 13.4. The van der Waals surface area contributed by atoms with Gasteiger partial charge in [-0.05, 0) is 28.7 Å². The number of hydrogen-bond acceptors (Lipinski definition) is 4. The van der Waals surface area contributed by atoms with E-state index >= 15 is 0 Å². The normalized spacial score (nSPS) is 19.0. The van der Waals surface area contributed by atoms with E-state index in [0.717, 1.165) is 11.1 Å². The summed E-state index contributed by atoms with van der Waals surface area (Å²) in [5.74, 6) is -1.11. The first kappa shape index (κ1) is 18.7. The first-order valence-electron chi connectivity index (χ1n) is 8.75. The number of hydrogen-bond donors (Lipinski definition) is 2. The van der Waals surface area contributed by atoms with Crippen molar-refractivity contribution in [2.75, 3.05) is 7.11 Å². The number of aliphatic hydroxyl groups is 1. The Balaban J connectivity index is 2.06. The average molecular weight is 365 g/mol. The Morgan fingerprint density at radius 1 is 1.07 bits per heavy atom. The van der Waals surface area contributed by atoms with Crippen LogP contribution < -0.4 is 10.1 Å². The standard InChI is InChI=1S/C22H23NO4/c1-22(2,3)15-10-8-13(9-11-15)18-17(20(25)21(26)23-18)19(24)14-6-5-7-16(12-14)27-4/h5-12,18,24H,1-4H3,(H,23,26)/b19-17+. The van der Waals surface area contributed by atoms with Gasteiger partial charge in [-0.1, -0.05) is 57.2 Å². The van der Waals surface area contributed by atoms with Gasteiger partial charge in [0.25, 0.3) is 11.7 Å². The second-order valence-corrected chi connectivity index (χ2v) is 7.60. The molecule has 140 valence electrons. The molecule has 5 heteroatoms. The summed E-state index contributed by atoms with van der Waals surface area (Å²) in [5.41, 5.74) is 2.35. The van der Waals surface area contributed by atoms with Crippen molar-refractivity contribution in [2.24, 2.45) is 0 Å². The van der Waals surface area contributed by atoms with E-state index in [4.69, 9.17) is 4.74 Å². The molecular formula is C22H23NO4. The summed E-state index contributed by atoms with van der Waals surface area (Å²) in [6.07, 6.45) is 0. The van der Waals surface area contributed by atoms with Gasteiger partial charge in [-0.15, -0.1) is 0 Å². The molecule has 1 heterocycles. The van der Waals surface area contributed by atoms with Crippen LogP contribution in [0.25, 0.3) is 5.76 Å². The van der Waals surface area contributed by atoms with Gasteiger partial charge in [0.2, 0.25) is 0 Å². The maximum Gasteiger partial charge on any atom is 0.293 e. The second-order valence-electron chi connectivity index (χ2n) is 7.60. The van der Waals surface area contributed by atoms with Crippen molar-refractivity contribution in [2.45, 2.75) is 32.2 Å². The smallest absolute Gasteiger partial charge is 0.293 e. The van der Waals surface area contributed by atoms with Crippen LogP contribution in [-0.4, -0.2) is 23.9 Å². The minimum Gasteiger partial charge on any atom is -0.507 e. The van der Waals surface area contributed by atoms with Crippen LogP contribution in [0.4, 0.5) is 0 Å². The number of carbonyl (C=O) groups is 2. The van der Waals surface area contributed by atoms with E-state index in [0.29, 0.717) is 11.3 Å². The van der Waals surface area contributed by atoms with Gasteiger partial charge in [0.15, 0.2) is 0 Å². The quantitative estimate of drug-likeness (QED) is 0.494. The van der Waals surface area contributed by atoms with E-state index in [1.807, 2.05) is 24.3 Å². The summed E-state index contributed by atoms with van der Waals surface area (Å²) in [6.45, 7) is 6.34. The van der Waals surface area contributed by atoms with E-state index in [1.165, 1.54) is 7.11 Å². The molecule has 27 heavy (non-hydrogen) atoms. The van der Waals surface area contributed by atoms with Crippen molar-refractivity contribution < 1.29 is 19.4 Å². The maximum atomic E-state index is 12.4. The SMILES string of the molecule is COc1cccc(/C(O)=C2\C(=O)C(=O)NC2c2ccc(C(C)(C)C)cc2)c1. The molecule has 2 N–H and O–H groups in total. The predicted octanol–water partition coefficient (Wildman–Crippen LogP) is 3.70. The molecule has 0 spiro atoms. The van der Waals surface area contributed by atoms with Gasteiger partial charge in [0.05, 0.1) is 18.7 Å². The number of nitrogens with one attached hydrogen (secondary N) is 1. The number of ether oxygens (including phenoxy) is 1. The summed E-state index contributed by atoms with van der Waals surface area (Å²) < 4.78 is 5.17. The third-order valence-corrected chi connectivity index (χ3v) is 4.72. The Labute approximate surface area is 158 Å². The first-order chi connectivity index (χ1) is 12.7.